The lowest BCUT2D eigenvalue weighted by atomic mass is 10.1. The summed E-state index contributed by atoms with van der Waals surface area (Å²) in [6.07, 6.45) is 18.5. The Morgan fingerprint density at radius 2 is 0.604 bits per heavy atom. The zero-order valence-corrected chi connectivity index (χ0v) is 90.7. The number of aliphatic hydroxyl groups is 10. The monoisotopic (exact) mass is 2110 g/mol. The highest BCUT2D eigenvalue weighted by molar-refractivity contribution is 7.99. The van der Waals surface area contributed by atoms with Crippen molar-refractivity contribution in [3.05, 3.63) is 81.4 Å². The highest BCUT2D eigenvalue weighted by atomic mass is 32.2. The molecule has 10 aromatic rings. The number of nitrogens with one attached hydrogen (secondary N) is 6. The highest BCUT2D eigenvalue weighted by Crippen LogP contribution is 2.48. The summed E-state index contributed by atoms with van der Waals surface area (Å²) in [5.74, 6) is 5.31. The van der Waals surface area contributed by atoms with Gasteiger partial charge >= 0.3 is 0 Å². The maximum absolute atomic E-state index is 12.4. The molecule has 0 radical (unpaired) electrons. The highest BCUT2D eigenvalue weighted by Gasteiger charge is 2.51. The molecule has 0 aliphatic carbocycles. The average Bonchev–Trinajstić information content (AvgIpc) is 1.62. The van der Waals surface area contributed by atoms with Gasteiger partial charge in [0.1, 0.15) is 84.3 Å². The number of ether oxygens (including phenoxy) is 5. The molecule has 5 unspecified atom stereocenters. The van der Waals surface area contributed by atoms with Crippen LogP contribution in [-0.2, 0) is 23.7 Å². The van der Waals surface area contributed by atoms with Crippen LogP contribution in [0.2, 0.25) is 0 Å². The number of aromatic nitrogens is 20. The first kappa shape index (κ1) is 113. The topological polar surface area (TPSA) is 578 Å². The van der Waals surface area contributed by atoms with Crippen LogP contribution in [-0.4, -0.2) is 399 Å². The van der Waals surface area contributed by atoms with E-state index >= 15 is 0 Å². The van der Waals surface area contributed by atoms with Gasteiger partial charge in [-0.15, -0.1) is 65.9 Å². The van der Waals surface area contributed by atoms with Gasteiger partial charge in [-0.1, -0.05) is 94.0 Å². The third-order valence-corrected chi connectivity index (χ3v) is 35.1. The quantitative estimate of drug-likeness (QED) is 0.0106. The number of imidazole rings is 5. The van der Waals surface area contributed by atoms with Crippen LogP contribution in [0.5, 0.6) is 0 Å². The summed E-state index contributed by atoms with van der Waals surface area (Å²) in [5, 5.41) is 111. The molecular weight excluding hydrogens is 1970 g/mol. The van der Waals surface area contributed by atoms with Crippen LogP contribution >= 0.6 is 81.5 Å². The fraction of sp³-hybridized carbons (Fsp3) is 0.663. The second-order valence-corrected chi connectivity index (χ2v) is 65.4. The van der Waals surface area contributed by atoms with Crippen molar-refractivity contribution < 1.29 is 74.7 Å². The molecule has 5 aliphatic heterocycles. The maximum Gasteiger partial charge on any atom is 0.280 e. The minimum atomic E-state index is -1.28. The number of H-pyrrole nitrogens is 5. The van der Waals surface area contributed by atoms with Crippen LogP contribution in [0.15, 0.2) is 50.9 Å². The molecule has 5 aliphatic rings. The number of rotatable bonds is 35. The van der Waals surface area contributed by atoms with Gasteiger partial charge in [-0.25, -0.2) is 44.9 Å². The van der Waals surface area contributed by atoms with Gasteiger partial charge in [0.15, 0.2) is 108 Å². The van der Waals surface area contributed by atoms with Gasteiger partial charge in [-0.2, -0.15) is 4.98 Å². The minimum absolute atomic E-state index is 0.151. The molecule has 50 heteroatoms. The van der Waals surface area contributed by atoms with E-state index in [0.29, 0.717) is 98.6 Å². The predicted molar refractivity (Wildman–Crippen MR) is 569 cm³/mol. The molecule has 0 saturated carbocycles. The number of fused-ring (bicyclic) bond motifs is 5. The summed E-state index contributed by atoms with van der Waals surface area (Å²) in [4.78, 5) is 119. The van der Waals surface area contributed by atoms with Crippen LogP contribution < -0.4 is 33.1 Å². The van der Waals surface area contributed by atoms with Crippen molar-refractivity contribution in [2.24, 2.45) is 0 Å². The van der Waals surface area contributed by atoms with E-state index in [0.717, 1.165) is 92.3 Å². The van der Waals surface area contributed by atoms with E-state index in [-0.39, 0.29) is 67.0 Å². The van der Waals surface area contributed by atoms with E-state index in [1.165, 1.54) is 57.9 Å². The van der Waals surface area contributed by atoms with Crippen molar-refractivity contribution in [1.29, 1.82) is 0 Å². The van der Waals surface area contributed by atoms with Crippen molar-refractivity contribution in [3.8, 4) is 0 Å². The summed E-state index contributed by atoms with van der Waals surface area (Å²) in [5.41, 5.74) is 1.06. The molecular formula is C89H144N21O20P5S4. The Kier molecular flexibility index (Phi) is 39.1. The summed E-state index contributed by atoms with van der Waals surface area (Å²) in [6.45, 7) is 30.0. The van der Waals surface area contributed by atoms with Gasteiger partial charge in [0.05, 0.1) is 36.8 Å². The van der Waals surface area contributed by atoms with Gasteiger partial charge in [0.2, 0.25) is 5.95 Å². The lowest BCUT2D eigenvalue weighted by molar-refractivity contribution is -0.0400. The molecule has 10 aromatic heterocycles. The Morgan fingerprint density at radius 1 is 0.338 bits per heavy atom. The largest absolute Gasteiger partial charge is 0.388 e. The molecule has 0 amide bonds. The Morgan fingerprint density at radius 3 is 0.878 bits per heavy atom. The predicted octanol–water partition coefficient (Wildman–Crippen LogP) is 7.25. The third kappa shape index (κ3) is 28.2. The van der Waals surface area contributed by atoms with E-state index in [1.54, 1.807) is 53.0 Å². The first-order chi connectivity index (χ1) is 65.2. The summed E-state index contributed by atoms with van der Waals surface area (Å²) < 4.78 is 38.4. The second kappa shape index (κ2) is 48.0. The average molecular weight is 2110 g/mol. The number of unbranched alkanes of at least 4 members (excludes halogenated alkanes) is 3. The van der Waals surface area contributed by atoms with Crippen LogP contribution in [0.4, 0.5) is 5.95 Å². The first-order valence-corrected chi connectivity index (χ1v) is 66.0. The lowest BCUT2D eigenvalue weighted by Crippen LogP contribution is -2.32. The maximum atomic E-state index is 12.4. The summed E-state index contributed by atoms with van der Waals surface area (Å²) in [6, 6.07) is 0. The molecule has 0 aromatic carbocycles. The number of nitrogens with zero attached hydrogens (tertiary/aromatic N) is 15. The van der Waals surface area contributed by atoms with Crippen molar-refractivity contribution in [3.63, 3.8) is 0 Å². The molecule has 139 heavy (non-hydrogen) atoms. The SMILES string of the molecule is C=P(C)(C)CCC1O[C@@H](n2c(SCC)nc3c(=O)[nH]c(C)nc32)[C@H](O)[C@@H]1O.C=P(C)(C)CCC1O[C@@H](n2c(SCCC)nc3c(=O)[nH]c(C)nc32)[C@H](O)[C@@H]1O.C=P(C)(C)CCC1O[C@@H](n2c(SCCCC)nc3c(=O)[nH]c(C)nc32)[C@H](O)[C@@H]1O.C=P(C)(C)CCC1O[C@@H](n2c(SCCCCC)nc3c(=O)[nH]c(C)nc32)[C@H](O)[C@@H]1O.C=P(C)(C)CCC1O[C@@H](n2cnc3c(=O)[nH]c(NC)nc32)[C@H](O)[C@@H]1O. The van der Waals surface area contributed by atoms with Gasteiger partial charge in [-0.3, -0.25) is 51.8 Å². The van der Waals surface area contributed by atoms with Crippen molar-refractivity contribution in [1.82, 2.24) is 97.6 Å². The van der Waals surface area contributed by atoms with Crippen molar-refractivity contribution in [2.75, 3.05) is 133 Å². The standard InChI is InChI=1S/C20H33N4O4PS.C19H31N4O4PS.C18H29N4O4PS.C17H27N4O4PS.C15H24N5O4P/c1-6-7-8-11-30-20-23-14-17(21-12(2)22-18(14)27)24(20)19-16(26)15(25)13(28-19)9-10-29(3,4)5;1-6-7-10-29-19-22-13-16(20-11(2)21-17(13)26)23(19)18-15(25)14(24)12(27-18)8-9-28(3,4)5;1-6-9-28-18-21-12-15(19-10(2)20-16(12)25)22(18)17-14(24)13(23)11(26-17)7-8-27(3,4)5;1-6-27-17-20-11-14(18-9(2)19-15(11)24)21(17)16-13(23)12(22)10(25-16)7-8-26(3,4)5;1-16-15-18-12-9(13(23)19-15)17-7-20(12)14-11(22)10(21)8(24-14)5-6-25(2,3)4/h13,15-16,19,25-26H,3,6-11H2,1-2,4-5H3,(H,21,22,27);12,14-15,18,24-25H,3,6-10H2,1-2,4-5H3,(H,20,21,26);11,13-14,17,23-24H,3,6-9H2,1-2,4-5H3,(H,19,20,25);10,12-13,16,22-23H,3,6-8H2,1-2,4-5H3,(H,18,19,24);7-8,10-11,14,21-22H,2,5-6H2,1,3-4H3,(H2,16,18,19,23)/t13?,15-,16-,19-;12?,14-,15-,18-;11?,13-,14-,17-;10?,12-,13-,16-;8?,10-,11-,14-/m11111/s1. The number of thioether (sulfide) groups is 4. The number of hydrogen-bond acceptors (Lipinski definition) is 35. The van der Waals surface area contributed by atoms with Gasteiger partial charge < -0.3 is 100 Å². The van der Waals surface area contributed by atoms with Gasteiger partial charge in [-0.05, 0) is 182 Å². The number of aromatic amines is 5. The normalized spacial score (nSPS) is 25.7. The Balaban J connectivity index is 0.000000167. The van der Waals surface area contributed by atoms with Crippen molar-refractivity contribution in [2.45, 2.75) is 269 Å². The van der Waals surface area contributed by atoms with Crippen LogP contribution in [0, 0.1) is 27.7 Å². The molecule has 20 atom stereocenters. The minimum Gasteiger partial charge on any atom is -0.388 e. The molecule has 5 saturated heterocycles. The van der Waals surface area contributed by atoms with Crippen molar-refractivity contribution >= 4 is 175 Å². The number of aliphatic hydroxyl groups excluding tert-OH is 10. The van der Waals surface area contributed by atoms with E-state index in [9.17, 15) is 75.0 Å². The fourth-order valence-electron chi connectivity index (χ4n) is 16.3. The first-order valence-electron chi connectivity index (χ1n) is 46.8. The Labute approximate surface area is 825 Å². The van der Waals surface area contributed by atoms with E-state index in [1.807, 2.05) is 6.92 Å². The molecule has 15 heterocycles. The van der Waals surface area contributed by atoms with Gasteiger partial charge in [0.25, 0.3) is 27.8 Å². The number of hydrogen-bond donors (Lipinski definition) is 16. The molecule has 16 N–H and O–H groups in total. The van der Waals surface area contributed by atoms with Crippen LogP contribution in [0.3, 0.4) is 0 Å². The summed E-state index contributed by atoms with van der Waals surface area (Å²) in [7, 11) is 1.63. The summed E-state index contributed by atoms with van der Waals surface area (Å²) >= 11 is 5.93. The molecule has 41 nitrogen and oxygen atoms in total. The molecule has 774 valence electrons. The zero-order valence-electron chi connectivity index (χ0n) is 82.9. The van der Waals surface area contributed by atoms with Crippen LogP contribution in [0.1, 0.15) is 153 Å². The smallest absolute Gasteiger partial charge is 0.280 e. The zero-order chi connectivity index (χ0) is 102. The molecule has 15 rings (SSSR count). The second-order valence-electron chi connectivity index (χ2n) is 39.4. The fourth-order valence-corrected chi connectivity index (χ4v) is 24.8. The van der Waals surface area contributed by atoms with E-state index in [4.69, 9.17) is 23.7 Å². The van der Waals surface area contributed by atoms with E-state index < -0.39 is 157 Å². The van der Waals surface area contributed by atoms with E-state index in [2.05, 4.69) is 199 Å². The Bertz CT molecular complexity index is 6490. The Hall–Kier alpha value is -6.15. The molecule has 0 spiro atoms. The molecule has 0 bridgehead atoms. The third-order valence-electron chi connectivity index (χ3n) is 23.7. The van der Waals surface area contributed by atoms with Gasteiger partial charge in [0, 0.05) is 24.3 Å². The lowest BCUT2D eigenvalue weighted by Gasteiger charge is -2.20. The molecule has 5 fully saturated rings. The number of aryl methyl sites for hydroxylation is 4. The number of anilines is 1. The van der Waals surface area contributed by atoms with Crippen LogP contribution in [0.25, 0.3) is 55.8 Å².